The molecule has 26 heavy (non-hydrogen) atoms. The van der Waals surface area contributed by atoms with Gasteiger partial charge >= 0.3 is 0 Å². The second-order valence-corrected chi connectivity index (χ2v) is 8.35. The highest BCUT2D eigenvalue weighted by Crippen LogP contribution is 2.47. The number of carbonyl (C=O) groups is 4. The van der Waals surface area contributed by atoms with Crippen LogP contribution in [0.25, 0.3) is 0 Å². The Morgan fingerprint density at radius 1 is 0.769 bits per heavy atom. The lowest BCUT2D eigenvalue weighted by molar-refractivity contribution is -0.146. The maximum absolute atomic E-state index is 12.8. The molecule has 0 aromatic rings. The topological polar surface area (TPSA) is 74.8 Å². The fourth-order valence-corrected chi connectivity index (χ4v) is 4.96. The molecule has 2 aliphatic heterocycles. The van der Waals surface area contributed by atoms with Crippen LogP contribution in [0.4, 0.5) is 0 Å². The molecule has 2 aliphatic carbocycles. The predicted octanol–water partition coefficient (Wildman–Crippen LogP) is 1.67. The summed E-state index contributed by atoms with van der Waals surface area (Å²) in [6.07, 6.45) is 10.1. The Hall–Kier alpha value is -2.24. The van der Waals surface area contributed by atoms with Gasteiger partial charge in [-0.3, -0.25) is 29.0 Å². The normalized spacial score (nSPS) is 39.0. The largest absolute Gasteiger partial charge is 0.280 e. The van der Waals surface area contributed by atoms with E-state index in [9.17, 15) is 19.2 Å². The third kappa shape index (κ3) is 2.10. The maximum atomic E-state index is 12.8. The van der Waals surface area contributed by atoms with Crippen LogP contribution in [-0.2, 0) is 19.2 Å². The zero-order valence-electron chi connectivity index (χ0n) is 15.2. The molecule has 0 spiro atoms. The molecule has 138 valence electrons. The van der Waals surface area contributed by atoms with Crippen LogP contribution in [-0.4, -0.2) is 46.5 Å². The molecule has 4 aliphatic rings. The number of allylic oxidation sites excluding steroid dienone is 4. The van der Waals surface area contributed by atoms with Gasteiger partial charge in [-0.05, 0) is 39.5 Å². The molecule has 4 unspecified atom stereocenters. The summed E-state index contributed by atoms with van der Waals surface area (Å²) in [5.74, 6) is -1.36. The zero-order chi connectivity index (χ0) is 18.7. The Labute approximate surface area is 152 Å². The quantitative estimate of drug-likeness (QED) is 0.569. The van der Waals surface area contributed by atoms with Crippen LogP contribution in [0.1, 0.15) is 39.5 Å². The van der Waals surface area contributed by atoms with Gasteiger partial charge in [0.1, 0.15) is 0 Å². The molecule has 4 atom stereocenters. The van der Waals surface area contributed by atoms with Gasteiger partial charge in [0.05, 0.1) is 22.7 Å². The highest BCUT2D eigenvalue weighted by molar-refractivity contribution is 6.09. The summed E-state index contributed by atoms with van der Waals surface area (Å²) in [5.41, 5.74) is -1.37. The molecule has 4 rings (SSSR count). The molecule has 2 heterocycles. The molecule has 0 radical (unpaired) electrons. The number of hydrogen-bond donors (Lipinski definition) is 0. The van der Waals surface area contributed by atoms with E-state index in [1.54, 1.807) is 0 Å². The summed E-state index contributed by atoms with van der Waals surface area (Å²) in [6.45, 7) is 3.87. The number of fused-ring (bicyclic) bond motifs is 2. The number of nitrogens with zero attached hydrogens (tertiary/aromatic N) is 2. The minimum Gasteiger partial charge on any atom is -0.280 e. The van der Waals surface area contributed by atoms with Gasteiger partial charge in [0, 0.05) is 13.1 Å². The molecule has 0 aromatic heterocycles. The van der Waals surface area contributed by atoms with Crippen molar-refractivity contribution in [2.45, 2.75) is 39.5 Å². The van der Waals surface area contributed by atoms with Gasteiger partial charge in [-0.2, -0.15) is 0 Å². The van der Waals surface area contributed by atoms with Crippen LogP contribution in [0.2, 0.25) is 0 Å². The van der Waals surface area contributed by atoms with E-state index < -0.39 is 10.8 Å². The van der Waals surface area contributed by atoms with Crippen LogP contribution in [0.15, 0.2) is 24.3 Å². The first-order chi connectivity index (χ1) is 12.3. The number of imide groups is 2. The Morgan fingerprint density at radius 2 is 1.15 bits per heavy atom. The fourth-order valence-electron chi connectivity index (χ4n) is 4.96. The van der Waals surface area contributed by atoms with E-state index in [4.69, 9.17) is 0 Å². The van der Waals surface area contributed by atoms with E-state index in [0.29, 0.717) is 25.7 Å². The smallest absolute Gasteiger partial charge is 0.236 e. The van der Waals surface area contributed by atoms with E-state index in [0.717, 1.165) is 0 Å². The maximum Gasteiger partial charge on any atom is 0.236 e. The average molecular weight is 356 g/mol. The number of hydrogen-bond acceptors (Lipinski definition) is 4. The number of likely N-dealkylation sites (tertiary alicyclic amines) is 2. The number of carbonyl (C=O) groups excluding carboxylic acids is 4. The summed E-state index contributed by atoms with van der Waals surface area (Å²) in [6, 6.07) is 0. The second kappa shape index (κ2) is 5.63. The lowest BCUT2D eigenvalue weighted by Crippen LogP contribution is -2.43. The van der Waals surface area contributed by atoms with Crippen LogP contribution in [0.3, 0.4) is 0 Å². The van der Waals surface area contributed by atoms with Crippen molar-refractivity contribution in [3.05, 3.63) is 24.3 Å². The van der Waals surface area contributed by atoms with Crippen molar-refractivity contribution >= 4 is 23.6 Å². The Kier molecular flexibility index (Phi) is 3.72. The minimum atomic E-state index is -0.686. The highest BCUT2D eigenvalue weighted by Gasteiger charge is 2.58. The Bertz CT molecular complexity index is 706. The van der Waals surface area contributed by atoms with Crippen molar-refractivity contribution in [1.29, 1.82) is 0 Å². The van der Waals surface area contributed by atoms with Crippen LogP contribution < -0.4 is 0 Å². The second-order valence-electron chi connectivity index (χ2n) is 8.35. The average Bonchev–Trinajstić information content (AvgIpc) is 2.93. The molecule has 6 nitrogen and oxygen atoms in total. The molecule has 0 saturated carbocycles. The van der Waals surface area contributed by atoms with E-state index in [1.165, 1.54) is 9.80 Å². The standard InChI is InChI=1S/C20H24N2O4/c1-19-9-5-3-7-13(19)15(23)21(17(19)25)11-12-22-16(24)14-8-4-6-10-20(14,2)18(22)26/h3-6,13-14H,7-12H2,1-2H3. The SMILES string of the molecule is CC12CC=CCC1C(=O)N(CCN1C(=O)C3CC=CCC3(C)C1=O)C2=O. The van der Waals surface area contributed by atoms with E-state index in [2.05, 4.69) is 0 Å². The molecule has 4 amide bonds. The molecule has 0 aromatic carbocycles. The van der Waals surface area contributed by atoms with Crippen LogP contribution in [0.5, 0.6) is 0 Å². The van der Waals surface area contributed by atoms with Crippen molar-refractivity contribution < 1.29 is 19.2 Å². The zero-order valence-corrected chi connectivity index (χ0v) is 15.2. The minimum absolute atomic E-state index is 0.0947. The molecule has 0 N–H and O–H groups in total. The lowest BCUT2D eigenvalue weighted by atomic mass is 9.72. The first kappa shape index (κ1) is 17.2. The van der Waals surface area contributed by atoms with Crippen LogP contribution >= 0.6 is 0 Å². The molecule has 2 fully saturated rings. The highest BCUT2D eigenvalue weighted by atomic mass is 16.2. The summed E-state index contributed by atoms with van der Waals surface area (Å²) < 4.78 is 0. The van der Waals surface area contributed by atoms with Crippen LogP contribution in [0, 0.1) is 22.7 Å². The van der Waals surface area contributed by atoms with Gasteiger partial charge in [-0.1, -0.05) is 24.3 Å². The Balaban J connectivity index is 1.50. The van der Waals surface area contributed by atoms with Gasteiger partial charge < -0.3 is 0 Å². The summed E-state index contributed by atoms with van der Waals surface area (Å²) in [4.78, 5) is 53.6. The third-order valence-electron chi connectivity index (χ3n) is 6.84. The van der Waals surface area contributed by atoms with Gasteiger partial charge in [0.2, 0.25) is 23.6 Å². The van der Waals surface area contributed by atoms with Crippen molar-refractivity contribution in [3.8, 4) is 0 Å². The predicted molar refractivity (Wildman–Crippen MR) is 93.4 cm³/mol. The van der Waals surface area contributed by atoms with Crippen molar-refractivity contribution in [2.24, 2.45) is 22.7 Å². The summed E-state index contributed by atoms with van der Waals surface area (Å²) in [5, 5.41) is 0. The molecular weight excluding hydrogens is 332 g/mol. The fraction of sp³-hybridized carbons (Fsp3) is 0.600. The van der Waals surface area contributed by atoms with Gasteiger partial charge in [0.25, 0.3) is 0 Å². The van der Waals surface area contributed by atoms with Crippen molar-refractivity contribution in [1.82, 2.24) is 9.80 Å². The summed E-state index contributed by atoms with van der Waals surface area (Å²) >= 11 is 0. The van der Waals surface area contributed by atoms with Gasteiger partial charge in [0.15, 0.2) is 0 Å². The molecule has 2 saturated heterocycles. The Morgan fingerprint density at radius 3 is 1.50 bits per heavy atom. The van der Waals surface area contributed by atoms with E-state index >= 15 is 0 Å². The van der Waals surface area contributed by atoms with Gasteiger partial charge in [-0.25, -0.2) is 0 Å². The van der Waals surface area contributed by atoms with E-state index in [-0.39, 0.29) is 48.6 Å². The third-order valence-corrected chi connectivity index (χ3v) is 6.84. The van der Waals surface area contributed by atoms with Crippen molar-refractivity contribution in [3.63, 3.8) is 0 Å². The molecule has 0 bridgehead atoms. The molecule has 6 heteroatoms. The monoisotopic (exact) mass is 356 g/mol. The summed E-state index contributed by atoms with van der Waals surface area (Å²) in [7, 11) is 0. The number of amides is 4. The van der Waals surface area contributed by atoms with Gasteiger partial charge in [-0.15, -0.1) is 0 Å². The first-order valence-corrected chi connectivity index (χ1v) is 9.32. The molecular formula is C20H24N2O4. The number of rotatable bonds is 3. The first-order valence-electron chi connectivity index (χ1n) is 9.32. The van der Waals surface area contributed by atoms with Crippen molar-refractivity contribution in [2.75, 3.05) is 13.1 Å². The van der Waals surface area contributed by atoms with E-state index in [1.807, 2.05) is 38.2 Å². The lowest BCUT2D eigenvalue weighted by Gasteiger charge is -2.28.